The number of allylic oxidation sites excluding steroid dienone is 1. The maximum Gasteiger partial charge on any atom is 0.0409 e. The van der Waals surface area contributed by atoms with E-state index in [4.69, 9.17) is 11.6 Å². The van der Waals surface area contributed by atoms with Crippen LogP contribution in [-0.4, -0.2) is 0 Å². The van der Waals surface area contributed by atoms with Gasteiger partial charge >= 0.3 is 0 Å². The van der Waals surface area contributed by atoms with Crippen molar-refractivity contribution in [1.82, 2.24) is 0 Å². The molecule has 0 bridgehead atoms. The van der Waals surface area contributed by atoms with E-state index in [0.717, 1.165) is 11.4 Å². The summed E-state index contributed by atoms with van der Waals surface area (Å²) in [5.74, 6) is 0. The molecule has 0 saturated carbocycles. The SMILES string of the molecule is CC1=Cc2ccc(Cl)cc2CC1. The Morgan fingerprint density at radius 1 is 1.25 bits per heavy atom. The number of fused-ring (bicyclic) bond motifs is 1. The molecule has 0 fully saturated rings. The highest BCUT2D eigenvalue weighted by Gasteiger charge is 2.07. The third kappa shape index (κ3) is 1.39. The first kappa shape index (κ1) is 7.88. The largest absolute Gasteiger partial charge is 0.0843 e. The zero-order chi connectivity index (χ0) is 8.55. The summed E-state index contributed by atoms with van der Waals surface area (Å²) in [6, 6.07) is 6.12. The summed E-state index contributed by atoms with van der Waals surface area (Å²) in [6.07, 6.45) is 4.56. The van der Waals surface area contributed by atoms with E-state index in [-0.39, 0.29) is 0 Å². The summed E-state index contributed by atoms with van der Waals surface area (Å²) in [6.45, 7) is 2.18. The summed E-state index contributed by atoms with van der Waals surface area (Å²) >= 11 is 5.89. The maximum absolute atomic E-state index is 5.89. The van der Waals surface area contributed by atoms with E-state index in [2.05, 4.69) is 25.1 Å². The summed E-state index contributed by atoms with van der Waals surface area (Å²) in [4.78, 5) is 0. The highest BCUT2D eigenvalue weighted by atomic mass is 35.5. The van der Waals surface area contributed by atoms with Crippen molar-refractivity contribution in [2.24, 2.45) is 0 Å². The normalized spacial score (nSPS) is 15.3. The first-order valence-corrected chi connectivity index (χ1v) is 4.59. The van der Waals surface area contributed by atoms with E-state index in [1.165, 1.54) is 23.1 Å². The molecule has 1 aromatic rings. The smallest absolute Gasteiger partial charge is 0.0409 e. The highest BCUT2D eigenvalue weighted by Crippen LogP contribution is 2.25. The van der Waals surface area contributed by atoms with Crippen molar-refractivity contribution < 1.29 is 0 Å². The molecule has 0 nitrogen and oxygen atoms in total. The molecular formula is C11H11Cl. The molecule has 0 spiro atoms. The van der Waals surface area contributed by atoms with Gasteiger partial charge in [-0.3, -0.25) is 0 Å². The Balaban J connectivity index is 2.51. The standard InChI is InChI=1S/C11H11Cl/c1-8-2-3-10-7-11(12)5-4-9(10)6-8/h4-7H,2-3H2,1H3. The Morgan fingerprint density at radius 2 is 2.08 bits per heavy atom. The van der Waals surface area contributed by atoms with E-state index in [1.54, 1.807) is 0 Å². The predicted molar refractivity (Wildman–Crippen MR) is 53.4 cm³/mol. The molecule has 2 rings (SSSR count). The minimum atomic E-state index is 0.849. The molecule has 0 amide bonds. The fourth-order valence-corrected chi connectivity index (χ4v) is 1.80. The molecule has 1 aromatic carbocycles. The second-order valence-corrected chi connectivity index (χ2v) is 3.77. The minimum Gasteiger partial charge on any atom is -0.0843 e. The van der Waals surface area contributed by atoms with Crippen LogP contribution in [0.5, 0.6) is 0 Å². The van der Waals surface area contributed by atoms with Crippen LogP contribution in [0.4, 0.5) is 0 Å². The van der Waals surface area contributed by atoms with Gasteiger partial charge in [0.15, 0.2) is 0 Å². The number of halogens is 1. The number of hydrogen-bond acceptors (Lipinski definition) is 0. The summed E-state index contributed by atoms with van der Waals surface area (Å²) < 4.78 is 0. The average molecular weight is 179 g/mol. The van der Waals surface area contributed by atoms with Gasteiger partial charge in [-0.2, -0.15) is 0 Å². The summed E-state index contributed by atoms with van der Waals surface area (Å²) in [5, 5.41) is 0.849. The van der Waals surface area contributed by atoms with Crippen molar-refractivity contribution in [1.29, 1.82) is 0 Å². The molecule has 0 N–H and O–H groups in total. The Hall–Kier alpha value is -0.750. The first-order valence-electron chi connectivity index (χ1n) is 4.21. The molecule has 0 saturated heterocycles. The average Bonchev–Trinajstić information content (AvgIpc) is 2.05. The number of rotatable bonds is 0. The molecule has 0 atom stereocenters. The zero-order valence-electron chi connectivity index (χ0n) is 7.10. The van der Waals surface area contributed by atoms with E-state index in [9.17, 15) is 0 Å². The lowest BCUT2D eigenvalue weighted by Crippen LogP contribution is -1.96. The molecule has 1 heteroatoms. The fraction of sp³-hybridized carbons (Fsp3) is 0.273. The lowest BCUT2D eigenvalue weighted by molar-refractivity contribution is 0.927. The van der Waals surface area contributed by atoms with Crippen molar-refractivity contribution in [3.05, 3.63) is 39.9 Å². The van der Waals surface area contributed by atoms with E-state index >= 15 is 0 Å². The molecule has 0 aromatic heterocycles. The van der Waals surface area contributed by atoms with Gasteiger partial charge in [0.05, 0.1) is 0 Å². The Morgan fingerprint density at radius 3 is 2.92 bits per heavy atom. The lowest BCUT2D eigenvalue weighted by Gasteiger charge is -2.13. The first-order chi connectivity index (χ1) is 5.75. The molecule has 0 radical (unpaired) electrons. The van der Waals surface area contributed by atoms with Gasteiger partial charge in [0, 0.05) is 5.02 Å². The van der Waals surface area contributed by atoms with Crippen molar-refractivity contribution in [3.8, 4) is 0 Å². The Kier molecular flexibility index (Phi) is 1.93. The van der Waals surface area contributed by atoms with Gasteiger partial charge < -0.3 is 0 Å². The van der Waals surface area contributed by atoms with Gasteiger partial charge in [0.1, 0.15) is 0 Å². The van der Waals surface area contributed by atoms with Crippen LogP contribution in [0.1, 0.15) is 24.5 Å². The summed E-state index contributed by atoms with van der Waals surface area (Å²) in [7, 11) is 0. The minimum absolute atomic E-state index is 0.849. The molecule has 0 aliphatic heterocycles. The molecular weight excluding hydrogens is 168 g/mol. The van der Waals surface area contributed by atoms with E-state index in [1.807, 2.05) is 6.07 Å². The molecule has 0 unspecified atom stereocenters. The maximum atomic E-state index is 5.89. The number of hydrogen-bond donors (Lipinski definition) is 0. The van der Waals surface area contributed by atoms with Gasteiger partial charge in [-0.05, 0) is 43.0 Å². The van der Waals surface area contributed by atoms with Crippen molar-refractivity contribution in [2.75, 3.05) is 0 Å². The highest BCUT2D eigenvalue weighted by molar-refractivity contribution is 6.30. The molecule has 1 aliphatic carbocycles. The monoisotopic (exact) mass is 178 g/mol. The van der Waals surface area contributed by atoms with Crippen LogP contribution < -0.4 is 0 Å². The van der Waals surface area contributed by atoms with Crippen molar-refractivity contribution in [3.63, 3.8) is 0 Å². The van der Waals surface area contributed by atoms with Gasteiger partial charge in [-0.15, -0.1) is 0 Å². The Labute approximate surface area is 77.9 Å². The molecule has 0 heterocycles. The Bertz CT molecular complexity index is 337. The van der Waals surface area contributed by atoms with Gasteiger partial charge in [0.25, 0.3) is 0 Å². The quantitative estimate of drug-likeness (QED) is 0.569. The second kappa shape index (κ2) is 2.95. The lowest BCUT2D eigenvalue weighted by atomic mass is 9.93. The molecule has 1 aliphatic rings. The van der Waals surface area contributed by atoms with E-state index < -0.39 is 0 Å². The third-order valence-corrected chi connectivity index (χ3v) is 2.53. The van der Waals surface area contributed by atoms with Crippen LogP contribution >= 0.6 is 11.6 Å². The predicted octanol–water partition coefficient (Wildman–Crippen LogP) is 3.69. The van der Waals surface area contributed by atoms with Gasteiger partial charge in [-0.1, -0.05) is 29.3 Å². The van der Waals surface area contributed by atoms with Crippen molar-refractivity contribution in [2.45, 2.75) is 19.8 Å². The topological polar surface area (TPSA) is 0 Å². The summed E-state index contributed by atoms with van der Waals surface area (Å²) in [5.41, 5.74) is 4.18. The van der Waals surface area contributed by atoms with E-state index in [0.29, 0.717) is 0 Å². The number of aryl methyl sites for hydroxylation is 1. The third-order valence-electron chi connectivity index (χ3n) is 2.30. The van der Waals surface area contributed by atoms with Crippen LogP contribution in [0.15, 0.2) is 23.8 Å². The van der Waals surface area contributed by atoms with Gasteiger partial charge in [0.2, 0.25) is 0 Å². The van der Waals surface area contributed by atoms with Crippen LogP contribution in [-0.2, 0) is 6.42 Å². The molecule has 12 heavy (non-hydrogen) atoms. The molecule has 62 valence electrons. The van der Waals surface area contributed by atoms with Crippen LogP contribution in [0.2, 0.25) is 5.02 Å². The number of benzene rings is 1. The fourth-order valence-electron chi connectivity index (χ4n) is 1.60. The van der Waals surface area contributed by atoms with Crippen LogP contribution in [0, 0.1) is 0 Å². The van der Waals surface area contributed by atoms with Crippen molar-refractivity contribution >= 4 is 17.7 Å². The second-order valence-electron chi connectivity index (χ2n) is 3.33. The van der Waals surface area contributed by atoms with Crippen LogP contribution in [0.25, 0.3) is 6.08 Å². The van der Waals surface area contributed by atoms with Gasteiger partial charge in [-0.25, -0.2) is 0 Å². The van der Waals surface area contributed by atoms with Crippen LogP contribution in [0.3, 0.4) is 0 Å². The zero-order valence-corrected chi connectivity index (χ0v) is 7.86.